The third kappa shape index (κ3) is 6.17. The third-order valence-corrected chi connectivity index (χ3v) is 5.64. The number of carbonyl (C=O) groups is 1. The van der Waals surface area contributed by atoms with Crippen LogP contribution in [0.5, 0.6) is 0 Å². The van der Waals surface area contributed by atoms with Gasteiger partial charge in [0, 0.05) is 13.0 Å². The van der Waals surface area contributed by atoms with E-state index in [1.807, 2.05) is 18.2 Å². The Bertz CT molecular complexity index is 959. The predicted molar refractivity (Wildman–Crippen MR) is 127 cm³/mol. The molecule has 0 atom stereocenters. The van der Waals surface area contributed by atoms with E-state index < -0.39 is 0 Å². The van der Waals surface area contributed by atoms with Gasteiger partial charge in [0.25, 0.3) is 0 Å². The Labute approximate surface area is 186 Å². The summed E-state index contributed by atoms with van der Waals surface area (Å²) in [6.45, 7) is 8.74. The van der Waals surface area contributed by atoms with Crippen molar-refractivity contribution < 1.29 is 9.53 Å². The molecule has 0 N–H and O–H groups in total. The molecule has 0 saturated heterocycles. The Kier molecular flexibility index (Phi) is 8.65. The molecule has 0 aliphatic heterocycles. The van der Waals surface area contributed by atoms with Crippen LogP contribution < -0.4 is 0 Å². The van der Waals surface area contributed by atoms with Crippen LogP contribution in [0.4, 0.5) is 0 Å². The summed E-state index contributed by atoms with van der Waals surface area (Å²) in [6.07, 6.45) is 5.61. The fraction of sp³-hybridized carbons (Fsp3) is 0.462. The lowest BCUT2D eigenvalue weighted by Crippen LogP contribution is -2.26. The lowest BCUT2D eigenvalue weighted by Gasteiger charge is -2.20. The molecule has 5 heteroatoms. The summed E-state index contributed by atoms with van der Waals surface area (Å²) in [4.78, 5) is 19.5. The second-order valence-corrected chi connectivity index (χ2v) is 8.09. The van der Waals surface area contributed by atoms with Crippen molar-refractivity contribution in [3.63, 3.8) is 0 Å². The van der Waals surface area contributed by atoms with Crippen molar-refractivity contribution in [1.82, 2.24) is 14.5 Å². The van der Waals surface area contributed by atoms with E-state index in [2.05, 4.69) is 47.6 Å². The summed E-state index contributed by atoms with van der Waals surface area (Å²) >= 11 is 0. The molecule has 0 aliphatic carbocycles. The zero-order valence-electron chi connectivity index (χ0n) is 19.1. The van der Waals surface area contributed by atoms with Crippen molar-refractivity contribution in [2.75, 3.05) is 26.7 Å². The second kappa shape index (κ2) is 11.7. The number of unbranched alkanes of at least 4 members (excludes halogenated alkanes) is 1. The molecular weight excluding hydrogens is 386 g/mol. The minimum atomic E-state index is -0.317. The van der Waals surface area contributed by atoms with E-state index in [1.165, 1.54) is 45.0 Å². The summed E-state index contributed by atoms with van der Waals surface area (Å²) < 4.78 is 7.18. The van der Waals surface area contributed by atoms with Gasteiger partial charge in [-0.25, -0.2) is 9.78 Å². The van der Waals surface area contributed by atoms with Gasteiger partial charge in [0.2, 0.25) is 0 Å². The maximum Gasteiger partial charge on any atom is 0.337 e. The van der Waals surface area contributed by atoms with Gasteiger partial charge in [-0.2, -0.15) is 0 Å². The first-order chi connectivity index (χ1) is 15.2. The quantitative estimate of drug-likeness (QED) is 0.293. The van der Waals surface area contributed by atoms with E-state index in [4.69, 9.17) is 9.72 Å². The number of fused-ring (bicyclic) bond motifs is 1. The molecule has 2 aromatic carbocycles. The number of methoxy groups -OCH3 is 1. The highest BCUT2D eigenvalue weighted by Crippen LogP contribution is 2.22. The number of esters is 1. The van der Waals surface area contributed by atoms with E-state index in [1.54, 1.807) is 6.07 Å². The van der Waals surface area contributed by atoms with Gasteiger partial charge in [-0.1, -0.05) is 44.2 Å². The molecule has 0 bridgehead atoms. The lowest BCUT2D eigenvalue weighted by molar-refractivity contribution is 0.0601. The molecule has 166 valence electrons. The first-order valence-corrected chi connectivity index (χ1v) is 11.5. The van der Waals surface area contributed by atoms with Crippen molar-refractivity contribution in [1.29, 1.82) is 0 Å². The molecule has 1 heterocycles. The number of aryl methyl sites for hydroxylation is 1. The first kappa shape index (κ1) is 23.0. The molecule has 1 aromatic heterocycles. The smallest absolute Gasteiger partial charge is 0.337 e. The minimum Gasteiger partial charge on any atom is -0.465 e. The first-order valence-electron chi connectivity index (χ1n) is 11.5. The van der Waals surface area contributed by atoms with Crippen LogP contribution in [0.2, 0.25) is 0 Å². The summed E-state index contributed by atoms with van der Waals surface area (Å²) in [5.41, 5.74) is 3.70. The van der Waals surface area contributed by atoms with Crippen molar-refractivity contribution in [2.24, 2.45) is 0 Å². The molecule has 3 rings (SSSR count). The van der Waals surface area contributed by atoms with Gasteiger partial charge in [-0.3, -0.25) is 0 Å². The van der Waals surface area contributed by atoms with Gasteiger partial charge in [0.1, 0.15) is 5.82 Å². The Morgan fingerprint density at radius 3 is 2.42 bits per heavy atom. The SMILES string of the molecule is CCCN(CCC)CCCCc1nc2ccc(C(=O)OC)cc2n1Cc1ccccc1. The van der Waals surface area contributed by atoms with E-state index >= 15 is 0 Å². The third-order valence-electron chi connectivity index (χ3n) is 5.64. The predicted octanol–water partition coefficient (Wildman–Crippen LogP) is 5.32. The van der Waals surface area contributed by atoms with Crippen molar-refractivity contribution in [3.05, 3.63) is 65.5 Å². The summed E-state index contributed by atoms with van der Waals surface area (Å²) in [5.74, 6) is 0.765. The summed E-state index contributed by atoms with van der Waals surface area (Å²) in [5, 5.41) is 0. The van der Waals surface area contributed by atoms with Gasteiger partial charge in [-0.05, 0) is 69.1 Å². The Hall–Kier alpha value is -2.66. The fourth-order valence-electron chi connectivity index (χ4n) is 4.14. The monoisotopic (exact) mass is 421 g/mol. The largest absolute Gasteiger partial charge is 0.465 e. The van der Waals surface area contributed by atoms with E-state index in [-0.39, 0.29) is 5.97 Å². The highest BCUT2D eigenvalue weighted by Gasteiger charge is 2.14. The molecule has 0 radical (unpaired) electrons. The molecule has 3 aromatic rings. The maximum atomic E-state index is 12.1. The van der Waals surface area contributed by atoms with E-state index in [9.17, 15) is 4.79 Å². The van der Waals surface area contributed by atoms with E-state index in [0.717, 1.165) is 42.8 Å². The van der Waals surface area contributed by atoms with E-state index in [0.29, 0.717) is 5.56 Å². The maximum absolute atomic E-state index is 12.1. The number of aromatic nitrogens is 2. The number of carbonyl (C=O) groups excluding carboxylic acids is 1. The van der Waals surface area contributed by atoms with Gasteiger partial charge in [0.05, 0.1) is 23.7 Å². The number of benzene rings is 2. The Morgan fingerprint density at radius 1 is 1.00 bits per heavy atom. The van der Waals surface area contributed by atoms with Crippen LogP contribution >= 0.6 is 0 Å². The van der Waals surface area contributed by atoms with Crippen LogP contribution in [0, 0.1) is 0 Å². The fourth-order valence-corrected chi connectivity index (χ4v) is 4.14. The van der Waals surface area contributed by atoms with Gasteiger partial charge < -0.3 is 14.2 Å². The van der Waals surface area contributed by atoms with Crippen LogP contribution in [0.3, 0.4) is 0 Å². The molecule has 0 aliphatic rings. The summed E-state index contributed by atoms with van der Waals surface area (Å²) in [7, 11) is 1.42. The van der Waals surface area contributed by atoms with Crippen LogP contribution in [0.15, 0.2) is 48.5 Å². The number of ether oxygens (including phenoxy) is 1. The Morgan fingerprint density at radius 2 is 1.74 bits per heavy atom. The molecule has 0 fully saturated rings. The molecule has 0 spiro atoms. The molecule has 0 amide bonds. The zero-order chi connectivity index (χ0) is 22.1. The number of imidazole rings is 1. The average Bonchev–Trinajstić information content (AvgIpc) is 3.13. The lowest BCUT2D eigenvalue weighted by atomic mass is 10.1. The van der Waals surface area contributed by atoms with Crippen molar-refractivity contribution in [3.8, 4) is 0 Å². The summed E-state index contributed by atoms with van der Waals surface area (Å²) in [6, 6.07) is 16.0. The number of rotatable bonds is 12. The highest BCUT2D eigenvalue weighted by atomic mass is 16.5. The normalized spacial score (nSPS) is 11.4. The molecule has 0 saturated carbocycles. The Balaban J connectivity index is 1.80. The van der Waals surface area contributed by atoms with Crippen LogP contribution in [0.25, 0.3) is 11.0 Å². The number of nitrogens with zero attached hydrogens (tertiary/aromatic N) is 3. The van der Waals surface area contributed by atoms with Crippen molar-refractivity contribution >= 4 is 17.0 Å². The van der Waals surface area contributed by atoms with Crippen LogP contribution in [-0.4, -0.2) is 47.2 Å². The molecule has 5 nitrogen and oxygen atoms in total. The highest BCUT2D eigenvalue weighted by molar-refractivity contribution is 5.93. The minimum absolute atomic E-state index is 0.317. The van der Waals surface area contributed by atoms with Crippen molar-refractivity contribution in [2.45, 2.75) is 52.5 Å². The molecular formula is C26H35N3O2. The van der Waals surface area contributed by atoms with Crippen LogP contribution in [-0.2, 0) is 17.7 Å². The average molecular weight is 422 g/mol. The number of hydrogen-bond acceptors (Lipinski definition) is 4. The topological polar surface area (TPSA) is 47.4 Å². The standard InChI is InChI=1S/C26H35N3O2/c1-4-16-28(17-5-2)18-10-9-13-25-27-23-15-14-22(26(30)31-3)19-24(23)29(25)20-21-11-7-6-8-12-21/h6-8,11-12,14-15,19H,4-5,9-10,13,16-18,20H2,1-3H3. The number of hydrogen-bond donors (Lipinski definition) is 0. The van der Waals surface area contributed by atoms with Gasteiger partial charge in [-0.15, -0.1) is 0 Å². The molecule has 0 unspecified atom stereocenters. The zero-order valence-corrected chi connectivity index (χ0v) is 19.1. The van der Waals surface area contributed by atoms with Gasteiger partial charge >= 0.3 is 5.97 Å². The van der Waals surface area contributed by atoms with Gasteiger partial charge in [0.15, 0.2) is 0 Å². The van der Waals surface area contributed by atoms with Crippen LogP contribution in [0.1, 0.15) is 61.3 Å². The second-order valence-electron chi connectivity index (χ2n) is 8.09. The molecule has 31 heavy (non-hydrogen) atoms.